The second kappa shape index (κ2) is 10.1. The first kappa shape index (κ1) is 24.6. The Morgan fingerprint density at radius 3 is 2.27 bits per heavy atom. The number of Topliss-reactive ketones (excluding diaryl/α,β-unsaturated/α-hetero) is 1. The zero-order valence-corrected chi connectivity index (χ0v) is 20.6. The largest absolute Gasteiger partial charge is 0.507 e. The number of anilines is 1. The molecule has 0 spiro atoms. The van der Waals surface area contributed by atoms with Crippen molar-refractivity contribution in [3.05, 3.63) is 130 Å². The van der Waals surface area contributed by atoms with Gasteiger partial charge in [-0.2, -0.15) is 0 Å². The summed E-state index contributed by atoms with van der Waals surface area (Å²) in [5, 5.41) is 11.7. The molecule has 0 bridgehead atoms. The summed E-state index contributed by atoms with van der Waals surface area (Å²) in [4.78, 5) is 27.7. The highest BCUT2D eigenvalue weighted by Crippen LogP contribution is 2.43. The fourth-order valence-electron chi connectivity index (χ4n) is 4.21. The lowest BCUT2D eigenvalue weighted by atomic mass is 9.95. The van der Waals surface area contributed by atoms with Gasteiger partial charge in [-0.15, -0.1) is 0 Å². The van der Waals surface area contributed by atoms with Crippen LogP contribution in [0.25, 0.3) is 5.76 Å². The molecule has 1 amide bonds. The van der Waals surface area contributed by atoms with Crippen molar-refractivity contribution < 1.29 is 23.8 Å². The van der Waals surface area contributed by atoms with E-state index >= 15 is 0 Å². The number of para-hydroxylation sites is 1. The number of ketones is 1. The highest BCUT2D eigenvalue weighted by atomic mass is 35.5. The maximum Gasteiger partial charge on any atom is 0.300 e. The number of carbonyl (C=O) groups excluding carboxylic acids is 2. The molecule has 37 heavy (non-hydrogen) atoms. The van der Waals surface area contributed by atoms with E-state index in [-0.39, 0.29) is 26.9 Å². The van der Waals surface area contributed by atoms with E-state index in [0.717, 1.165) is 11.0 Å². The van der Waals surface area contributed by atoms with Crippen molar-refractivity contribution in [2.75, 3.05) is 4.90 Å². The van der Waals surface area contributed by atoms with Gasteiger partial charge in [0.1, 0.15) is 23.1 Å². The molecule has 1 N–H and O–H groups in total. The third-order valence-electron chi connectivity index (χ3n) is 5.88. The number of hydrogen-bond donors (Lipinski definition) is 1. The van der Waals surface area contributed by atoms with Crippen LogP contribution < -0.4 is 9.64 Å². The van der Waals surface area contributed by atoms with Crippen LogP contribution >= 0.6 is 23.2 Å². The maximum atomic E-state index is 14.2. The Kier molecular flexibility index (Phi) is 6.70. The fourth-order valence-corrected chi connectivity index (χ4v) is 4.51. The molecule has 184 valence electrons. The Morgan fingerprint density at radius 2 is 1.54 bits per heavy atom. The van der Waals surface area contributed by atoms with Crippen molar-refractivity contribution in [3.63, 3.8) is 0 Å². The van der Waals surface area contributed by atoms with Crippen LogP contribution in [-0.2, 0) is 9.59 Å². The Morgan fingerprint density at radius 1 is 0.811 bits per heavy atom. The summed E-state index contributed by atoms with van der Waals surface area (Å²) in [6, 6.07) is 24.5. The minimum absolute atomic E-state index is 0.162. The molecule has 1 atom stereocenters. The molecule has 5 rings (SSSR count). The number of aliphatic hydroxyl groups is 1. The molecule has 0 aromatic heterocycles. The van der Waals surface area contributed by atoms with Gasteiger partial charge in [-0.05, 0) is 66.2 Å². The van der Waals surface area contributed by atoms with Gasteiger partial charge in [0.15, 0.2) is 0 Å². The van der Waals surface area contributed by atoms with Crippen LogP contribution in [-0.4, -0.2) is 16.8 Å². The highest BCUT2D eigenvalue weighted by molar-refractivity contribution is 6.51. The van der Waals surface area contributed by atoms with Crippen molar-refractivity contribution >= 4 is 46.3 Å². The molecule has 4 aromatic rings. The number of benzene rings is 4. The molecule has 1 aliphatic rings. The predicted octanol–water partition coefficient (Wildman–Crippen LogP) is 7.55. The third kappa shape index (κ3) is 4.81. The Labute approximate surface area is 221 Å². The van der Waals surface area contributed by atoms with Crippen LogP contribution in [0.2, 0.25) is 10.0 Å². The first-order valence-corrected chi connectivity index (χ1v) is 11.9. The molecule has 1 saturated heterocycles. The topological polar surface area (TPSA) is 66.8 Å². The molecule has 1 unspecified atom stereocenters. The molecular formula is C29H18Cl2FNO4. The first-order valence-electron chi connectivity index (χ1n) is 11.2. The van der Waals surface area contributed by atoms with Gasteiger partial charge >= 0.3 is 0 Å². The molecule has 0 saturated carbocycles. The standard InChI is InChI=1S/C29H18Cl2FNO4/c30-23-13-12-18(15-24(23)31)27(34)25-26(33(29(36)28(25)35)20-8-5-7-19(32)16-20)17-6-4-11-22(14-17)37-21-9-2-1-3-10-21/h1-16,26,34H/b27-25+. The summed E-state index contributed by atoms with van der Waals surface area (Å²) in [5.41, 5.74) is 0.658. The second-order valence-corrected chi connectivity index (χ2v) is 9.08. The molecule has 0 aliphatic carbocycles. The van der Waals surface area contributed by atoms with Crippen LogP contribution in [0.15, 0.2) is 103 Å². The Bertz CT molecular complexity index is 1550. The number of ether oxygens (including phenoxy) is 1. The van der Waals surface area contributed by atoms with Crippen molar-refractivity contribution in [1.29, 1.82) is 0 Å². The number of aliphatic hydroxyl groups excluding tert-OH is 1. The summed E-state index contributed by atoms with van der Waals surface area (Å²) < 4.78 is 20.1. The number of halogens is 3. The van der Waals surface area contributed by atoms with Crippen LogP contribution in [0, 0.1) is 5.82 Å². The molecule has 0 radical (unpaired) electrons. The molecule has 1 fully saturated rings. The quantitative estimate of drug-likeness (QED) is 0.163. The van der Waals surface area contributed by atoms with E-state index in [1.165, 1.54) is 36.4 Å². The lowest BCUT2D eigenvalue weighted by molar-refractivity contribution is -0.132. The SMILES string of the molecule is O=C1C(=O)N(c2cccc(F)c2)C(c2cccc(Oc3ccccc3)c2)/C1=C(\O)c1ccc(Cl)c(Cl)c1. The zero-order valence-electron chi connectivity index (χ0n) is 19.1. The summed E-state index contributed by atoms with van der Waals surface area (Å²) >= 11 is 12.2. The minimum Gasteiger partial charge on any atom is -0.507 e. The lowest BCUT2D eigenvalue weighted by Crippen LogP contribution is -2.29. The zero-order chi connectivity index (χ0) is 26.1. The number of carbonyl (C=O) groups is 2. The van der Waals surface area contributed by atoms with Gasteiger partial charge in [-0.3, -0.25) is 14.5 Å². The monoisotopic (exact) mass is 533 g/mol. The maximum absolute atomic E-state index is 14.2. The van der Waals surface area contributed by atoms with Crippen LogP contribution in [0.5, 0.6) is 11.5 Å². The molecule has 1 aliphatic heterocycles. The van der Waals surface area contributed by atoms with Gasteiger partial charge in [-0.1, -0.05) is 59.6 Å². The van der Waals surface area contributed by atoms with E-state index in [1.807, 2.05) is 18.2 Å². The summed E-state index contributed by atoms with van der Waals surface area (Å²) in [6.45, 7) is 0. The fraction of sp³-hybridized carbons (Fsp3) is 0.0345. The van der Waals surface area contributed by atoms with Gasteiger partial charge in [0.05, 0.1) is 21.7 Å². The smallest absolute Gasteiger partial charge is 0.300 e. The lowest BCUT2D eigenvalue weighted by Gasteiger charge is -2.26. The van der Waals surface area contributed by atoms with Crippen LogP contribution in [0.3, 0.4) is 0 Å². The van der Waals surface area contributed by atoms with E-state index in [0.29, 0.717) is 17.1 Å². The second-order valence-electron chi connectivity index (χ2n) is 8.27. The number of hydrogen-bond acceptors (Lipinski definition) is 4. The first-order chi connectivity index (χ1) is 17.8. The average Bonchev–Trinajstić information content (AvgIpc) is 3.16. The number of amides is 1. The Balaban J connectivity index is 1.68. The van der Waals surface area contributed by atoms with Crippen LogP contribution in [0.1, 0.15) is 17.2 Å². The Hall–Kier alpha value is -4.13. The van der Waals surface area contributed by atoms with Crippen molar-refractivity contribution in [2.24, 2.45) is 0 Å². The molecule has 8 heteroatoms. The van der Waals surface area contributed by atoms with Crippen molar-refractivity contribution in [3.8, 4) is 11.5 Å². The van der Waals surface area contributed by atoms with E-state index in [2.05, 4.69) is 0 Å². The molecule has 1 heterocycles. The van der Waals surface area contributed by atoms with Gasteiger partial charge in [-0.25, -0.2) is 4.39 Å². The van der Waals surface area contributed by atoms with E-state index in [4.69, 9.17) is 27.9 Å². The predicted molar refractivity (Wildman–Crippen MR) is 141 cm³/mol. The van der Waals surface area contributed by atoms with Gasteiger partial charge < -0.3 is 9.84 Å². The van der Waals surface area contributed by atoms with Gasteiger partial charge in [0, 0.05) is 11.3 Å². The van der Waals surface area contributed by atoms with Gasteiger partial charge in [0.25, 0.3) is 11.7 Å². The van der Waals surface area contributed by atoms with Crippen molar-refractivity contribution in [2.45, 2.75) is 6.04 Å². The minimum atomic E-state index is -1.07. The normalized spacial score (nSPS) is 16.7. The molecule has 4 aromatic carbocycles. The molecular weight excluding hydrogens is 516 g/mol. The highest BCUT2D eigenvalue weighted by Gasteiger charge is 2.47. The number of rotatable bonds is 5. The van der Waals surface area contributed by atoms with E-state index in [9.17, 15) is 19.1 Å². The number of nitrogens with zero attached hydrogens (tertiary/aromatic N) is 1. The van der Waals surface area contributed by atoms with Gasteiger partial charge in [0.2, 0.25) is 0 Å². The summed E-state index contributed by atoms with van der Waals surface area (Å²) in [5.74, 6) is -1.81. The van der Waals surface area contributed by atoms with E-state index in [1.54, 1.807) is 36.4 Å². The van der Waals surface area contributed by atoms with Crippen LogP contribution in [0.4, 0.5) is 10.1 Å². The summed E-state index contributed by atoms with van der Waals surface area (Å²) in [6.07, 6.45) is 0. The average molecular weight is 534 g/mol. The third-order valence-corrected chi connectivity index (χ3v) is 6.62. The van der Waals surface area contributed by atoms with Crippen molar-refractivity contribution in [1.82, 2.24) is 0 Å². The summed E-state index contributed by atoms with van der Waals surface area (Å²) in [7, 11) is 0. The van der Waals surface area contributed by atoms with E-state index < -0.39 is 29.3 Å². The molecule has 5 nitrogen and oxygen atoms in total.